The Kier molecular flexibility index (Phi) is 4.65. The van der Waals surface area contributed by atoms with E-state index in [0.717, 1.165) is 24.7 Å². The number of carbonyl (C=O) groups is 1. The number of morpholine rings is 1. The molecule has 0 spiro atoms. The molecule has 1 aromatic rings. The number of fused-ring (bicyclic) bond motifs is 1. The summed E-state index contributed by atoms with van der Waals surface area (Å²) < 4.78 is 5.87. The summed E-state index contributed by atoms with van der Waals surface area (Å²) in [6, 6.07) is 6.18. The van der Waals surface area contributed by atoms with Crippen molar-refractivity contribution in [3.05, 3.63) is 24.4 Å². The highest BCUT2D eigenvalue weighted by Gasteiger charge is 2.42. The number of hydrogen-bond donors (Lipinski definition) is 0. The zero-order valence-corrected chi connectivity index (χ0v) is 13.1. The maximum absolute atomic E-state index is 12.2. The first-order chi connectivity index (χ1) is 10.3. The van der Waals surface area contributed by atoms with Gasteiger partial charge < -0.3 is 14.5 Å². The fourth-order valence-electron chi connectivity index (χ4n) is 2.98. The molecule has 114 valence electrons. The van der Waals surface area contributed by atoms with Crippen molar-refractivity contribution in [1.82, 2.24) is 9.88 Å². The van der Waals surface area contributed by atoms with Crippen LogP contribution < -0.4 is 4.90 Å². The molecule has 2 saturated heterocycles. The van der Waals surface area contributed by atoms with Crippen LogP contribution in [0.3, 0.4) is 0 Å². The van der Waals surface area contributed by atoms with Gasteiger partial charge in [-0.2, -0.15) is 11.8 Å². The number of carbonyl (C=O) groups excluding carboxylic acids is 1. The number of thioether (sulfide) groups is 1. The maximum atomic E-state index is 12.2. The van der Waals surface area contributed by atoms with Crippen LogP contribution in [0, 0.1) is 0 Å². The summed E-state index contributed by atoms with van der Waals surface area (Å²) in [7, 11) is 0. The molecule has 0 saturated carbocycles. The molecule has 0 bridgehead atoms. The van der Waals surface area contributed by atoms with Crippen molar-refractivity contribution in [3.63, 3.8) is 0 Å². The molecule has 0 aromatic carbocycles. The standard InChI is InChI=1S/C15H21N3O2S/c1-2-21-11-15(19)17-9-12-13(10-17)20-8-7-18(12)14-5-3-4-6-16-14/h3-6,12-13H,2,7-11H2,1H3/t12-,13-/m0/s1. The summed E-state index contributed by atoms with van der Waals surface area (Å²) in [5.74, 6) is 2.75. The van der Waals surface area contributed by atoms with Gasteiger partial charge in [-0.25, -0.2) is 4.98 Å². The van der Waals surface area contributed by atoms with Crippen molar-refractivity contribution in [3.8, 4) is 0 Å². The summed E-state index contributed by atoms with van der Waals surface area (Å²) in [6.45, 7) is 5.06. The lowest BCUT2D eigenvalue weighted by molar-refractivity contribution is -0.127. The predicted octanol–water partition coefficient (Wildman–Crippen LogP) is 1.25. The number of hydrogen-bond acceptors (Lipinski definition) is 5. The monoisotopic (exact) mass is 307 g/mol. The number of aromatic nitrogens is 1. The van der Waals surface area contributed by atoms with Crippen molar-refractivity contribution in [1.29, 1.82) is 0 Å². The Morgan fingerprint density at radius 3 is 3.14 bits per heavy atom. The quantitative estimate of drug-likeness (QED) is 0.838. The van der Waals surface area contributed by atoms with Crippen molar-refractivity contribution in [2.75, 3.05) is 42.6 Å². The van der Waals surface area contributed by atoms with E-state index < -0.39 is 0 Å². The second kappa shape index (κ2) is 6.66. The molecule has 0 radical (unpaired) electrons. The first-order valence-corrected chi connectivity index (χ1v) is 8.60. The molecule has 0 N–H and O–H groups in total. The van der Waals surface area contributed by atoms with Crippen LogP contribution in [0.5, 0.6) is 0 Å². The van der Waals surface area contributed by atoms with Crippen molar-refractivity contribution in [2.45, 2.75) is 19.1 Å². The first-order valence-electron chi connectivity index (χ1n) is 7.44. The first kappa shape index (κ1) is 14.7. The van der Waals surface area contributed by atoms with E-state index in [2.05, 4.69) is 16.8 Å². The molecule has 2 fully saturated rings. The average Bonchev–Trinajstić information content (AvgIpc) is 2.97. The second-order valence-electron chi connectivity index (χ2n) is 5.29. The fourth-order valence-corrected chi connectivity index (χ4v) is 3.54. The molecule has 21 heavy (non-hydrogen) atoms. The van der Waals surface area contributed by atoms with Gasteiger partial charge in [-0.05, 0) is 17.9 Å². The van der Waals surface area contributed by atoms with Crippen LogP contribution in [0.15, 0.2) is 24.4 Å². The third kappa shape index (κ3) is 3.16. The molecule has 2 aliphatic heterocycles. The number of rotatable bonds is 4. The average molecular weight is 307 g/mol. The van der Waals surface area contributed by atoms with E-state index in [9.17, 15) is 4.79 Å². The van der Waals surface area contributed by atoms with Gasteiger partial charge in [-0.1, -0.05) is 13.0 Å². The molecular weight excluding hydrogens is 286 g/mol. The highest BCUT2D eigenvalue weighted by molar-refractivity contribution is 7.99. The lowest BCUT2D eigenvalue weighted by Crippen LogP contribution is -2.51. The van der Waals surface area contributed by atoms with Crippen LogP contribution in [0.2, 0.25) is 0 Å². The predicted molar refractivity (Wildman–Crippen MR) is 84.7 cm³/mol. The molecule has 1 aromatic heterocycles. The van der Waals surface area contributed by atoms with Gasteiger partial charge in [0.15, 0.2) is 0 Å². The maximum Gasteiger partial charge on any atom is 0.232 e. The zero-order valence-electron chi connectivity index (χ0n) is 12.3. The molecule has 3 heterocycles. The van der Waals surface area contributed by atoms with Crippen LogP contribution in [0.25, 0.3) is 0 Å². The van der Waals surface area contributed by atoms with E-state index in [4.69, 9.17) is 4.74 Å². The molecule has 0 aliphatic carbocycles. The van der Waals surface area contributed by atoms with Crippen LogP contribution in [0.1, 0.15) is 6.92 Å². The summed E-state index contributed by atoms with van der Waals surface area (Å²) in [6.07, 6.45) is 1.92. The third-order valence-corrected chi connectivity index (χ3v) is 4.89. The van der Waals surface area contributed by atoms with Crippen LogP contribution in [-0.2, 0) is 9.53 Å². The minimum absolute atomic E-state index is 0.108. The Hall–Kier alpha value is -1.27. The number of amides is 1. The number of anilines is 1. The number of likely N-dealkylation sites (tertiary alicyclic amines) is 1. The normalized spacial score (nSPS) is 25.0. The van der Waals surface area contributed by atoms with Gasteiger partial charge in [0, 0.05) is 25.8 Å². The Morgan fingerprint density at radius 1 is 1.48 bits per heavy atom. The van der Waals surface area contributed by atoms with Crippen LogP contribution in [0.4, 0.5) is 5.82 Å². The van der Waals surface area contributed by atoms with E-state index in [0.29, 0.717) is 18.9 Å². The lowest BCUT2D eigenvalue weighted by Gasteiger charge is -2.37. The topological polar surface area (TPSA) is 45.7 Å². The number of nitrogens with zero attached hydrogens (tertiary/aromatic N) is 3. The smallest absolute Gasteiger partial charge is 0.232 e. The van der Waals surface area contributed by atoms with E-state index in [1.807, 2.05) is 29.3 Å². The summed E-state index contributed by atoms with van der Waals surface area (Å²) in [4.78, 5) is 20.9. The molecular formula is C15H21N3O2S. The minimum Gasteiger partial charge on any atom is -0.372 e. The van der Waals surface area contributed by atoms with E-state index >= 15 is 0 Å². The fraction of sp³-hybridized carbons (Fsp3) is 0.600. The highest BCUT2D eigenvalue weighted by Crippen LogP contribution is 2.27. The number of pyridine rings is 1. The van der Waals surface area contributed by atoms with E-state index in [1.165, 1.54) is 0 Å². The van der Waals surface area contributed by atoms with Crippen molar-refractivity contribution in [2.24, 2.45) is 0 Å². The van der Waals surface area contributed by atoms with Crippen LogP contribution >= 0.6 is 11.8 Å². The SMILES string of the molecule is CCSCC(=O)N1C[C@@H]2OCCN(c3ccccn3)[C@H]2C1. The minimum atomic E-state index is 0.108. The Morgan fingerprint density at radius 2 is 2.38 bits per heavy atom. The van der Waals surface area contributed by atoms with E-state index in [-0.39, 0.29) is 18.1 Å². The van der Waals surface area contributed by atoms with Gasteiger partial charge in [-0.15, -0.1) is 0 Å². The molecule has 2 atom stereocenters. The summed E-state index contributed by atoms with van der Waals surface area (Å²) >= 11 is 1.68. The molecule has 2 aliphatic rings. The largest absolute Gasteiger partial charge is 0.372 e. The zero-order chi connectivity index (χ0) is 14.7. The molecule has 1 amide bonds. The molecule has 5 nitrogen and oxygen atoms in total. The third-order valence-electron chi connectivity index (χ3n) is 4.03. The van der Waals surface area contributed by atoms with Gasteiger partial charge in [0.1, 0.15) is 5.82 Å². The molecule has 0 unspecified atom stereocenters. The highest BCUT2D eigenvalue weighted by atomic mass is 32.2. The second-order valence-corrected chi connectivity index (χ2v) is 6.57. The van der Waals surface area contributed by atoms with Gasteiger partial charge in [0.05, 0.1) is 24.5 Å². The van der Waals surface area contributed by atoms with Crippen molar-refractivity contribution >= 4 is 23.5 Å². The summed E-state index contributed by atoms with van der Waals surface area (Å²) in [5, 5.41) is 0. The number of ether oxygens (including phenoxy) is 1. The summed E-state index contributed by atoms with van der Waals surface area (Å²) in [5.41, 5.74) is 0. The van der Waals surface area contributed by atoms with E-state index in [1.54, 1.807) is 11.8 Å². The Balaban J connectivity index is 1.69. The molecule has 6 heteroatoms. The Bertz CT molecular complexity index is 485. The van der Waals surface area contributed by atoms with Crippen LogP contribution in [-0.4, -0.2) is 65.7 Å². The Labute approximate surface area is 129 Å². The van der Waals surface area contributed by atoms with Gasteiger partial charge in [-0.3, -0.25) is 4.79 Å². The van der Waals surface area contributed by atoms with Crippen molar-refractivity contribution < 1.29 is 9.53 Å². The van der Waals surface area contributed by atoms with Gasteiger partial charge in [0.2, 0.25) is 5.91 Å². The van der Waals surface area contributed by atoms with Gasteiger partial charge in [0.25, 0.3) is 0 Å². The lowest BCUT2D eigenvalue weighted by atomic mass is 10.1. The van der Waals surface area contributed by atoms with Gasteiger partial charge >= 0.3 is 0 Å². The molecule has 3 rings (SSSR count).